The van der Waals surface area contributed by atoms with E-state index in [0.717, 1.165) is 30.8 Å². The predicted molar refractivity (Wildman–Crippen MR) is 68.3 cm³/mol. The van der Waals surface area contributed by atoms with Crippen LogP contribution in [0.3, 0.4) is 0 Å². The Bertz CT molecular complexity index is 404. The maximum absolute atomic E-state index is 10.5. The van der Waals surface area contributed by atoms with Crippen LogP contribution >= 0.6 is 0 Å². The largest absolute Gasteiger partial charge is 0.469 e. The molecule has 2 atom stereocenters. The number of aryl methyl sites for hydroxylation is 1. The molecule has 1 N–H and O–H groups in total. The van der Waals surface area contributed by atoms with Gasteiger partial charge in [-0.05, 0) is 44.6 Å². The van der Waals surface area contributed by atoms with Crippen LogP contribution in [0.2, 0.25) is 0 Å². The van der Waals surface area contributed by atoms with Crippen LogP contribution in [0.1, 0.15) is 56.0 Å². The van der Waals surface area contributed by atoms with E-state index in [0.29, 0.717) is 5.92 Å². The van der Waals surface area contributed by atoms with Crippen LogP contribution in [-0.2, 0) is 4.74 Å². The molecule has 100 valence electrons. The predicted octanol–water partition coefficient (Wildman–Crippen LogP) is 3.36. The fourth-order valence-electron chi connectivity index (χ4n) is 3.66. The van der Waals surface area contributed by atoms with E-state index in [-0.39, 0.29) is 5.60 Å². The Balaban J connectivity index is 1.74. The molecule has 1 aliphatic heterocycles. The summed E-state index contributed by atoms with van der Waals surface area (Å²) in [5.41, 5.74) is 1.02. The van der Waals surface area contributed by atoms with Crippen molar-refractivity contribution in [3.05, 3.63) is 23.7 Å². The van der Waals surface area contributed by atoms with E-state index < -0.39 is 6.10 Å². The maximum atomic E-state index is 10.5. The van der Waals surface area contributed by atoms with Gasteiger partial charge >= 0.3 is 0 Å². The fraction of sp³-hybridized carbons (Fsp3) is 0.733. The SMILES string of the molecule is Cc1occc1C(O)C1CCOC2(CCCC2)C1. The second-order valence-corrected chi connectivity index (χ2v) is 5.87. The van der Waals surface area contributed by atoms with Gasteiger partial charge in [0, 0.05) is 12.2 Å². The van der Waals surface area contributed by atoms with Crippen LogP contribution in [0, 0.1) is 12.8 Å². The molecule has 1 saturated heterocycles. The first-order chi connectivity index (χ1) is 8.70. The second kappa shape index (κ2) is 4.71. The summed E-state index contributed by atoms with van der Waals surface area (Å²) in [5, 5.41) is 10.5. The first-order valence-electron chi connectivity index (χ1n) is 7.06. The van der Waals surface area contributed by atoms with Crippen LogP contribution in [0.25, 0.3) is 0 Å². The van der Waals surface area contributed by atoms with E-state index in [1.807, 2.05) is 13.0 Å². The van der Waals surface area contributed by atoms with E-state index >= 15 is 0 Å². The monoisotopic (exact) mass is 250 g/mol. The van der Waals surface area contributed by atoms with Gasteiger partial charge < -0.3 is 14.3 Å². The van der Waals surface area contributed by atoms with Crippen molar-refractivity contribution in [1.82, 2.24) is 0 Å². The minimum absolute atomic E-state index is 0.0710. The highest BCUT2D eigenvalue weighted by Crippen LogP contribution is 2.45. The summed E-state index contributed by atoms with van der Waals surface area (Å²) in [5.74, 6) is 1.16. The van der Waals surface area contributed by atoms with Gasteiger partial charge in [0.25, 0.3) is 0 Å². The summed E-state index contributed by atoms with van der Waals surface area (Å²) >= 11 is 0. The van der Waals surface area contributed by atoms with Crippen molar-refractivity contribution in [3.8, 4) is 0 Å². The average Bonchev–Trinajstić information content (AvgIpc) is 2.98. The zero-order chi connectivity index (χ0) is 12.6. The highest BCUT2D eigenvalue weighted by molar-refractivity contribution is 5.19. The lowest BCUT2D eigenvalue weighted by atomic mass is 9.80. The zero-order valence-electron chi connectivity index (χ0n) is 11.0. The normalized spacial score (nSPS) is 28.7. The lowest BCUT2D eigenvalue weighted by molar-refractivity contribution is -0.113. The summed E-state index contributed by atoms with van der Waals surface area (Å²) in [4.78, 5) is 0. The lowest BCUT2D eigenvalue weighted by Crippen LogP contribution is -2.39. The molecule has 2 heterocycles. The molecule has 3 rings (SSSR count). The number of hydrogen-bond acceptors (Lipinski definition) is 3. The molecule has 3 nitrogen and oxygen atoms in total. The van der Waals surface area contributed by atoms with Crippen molar-refractivity contribution < 1.29 is 14.3 Å². The first kappa shape index (κ1) is 12.2. The molecule has 1 spiro atoms. The third kappa shape index (κ3) is 2.10. The van der Waals surface area contributed by atoms with E-state index in [2.05, 4.69) is 0 Å². The van der Waals surface area contributed by atoms with E-state index in [4.69, 9.17) is 9.15 Å². The molecule has 2 unspecified atom stereocenters. The van der Waals surface area contributed by atoms with Gasteiger partial charge in [0.1, 0.15) is 5.76 Å². The molecule has 0 bridgehead atoms. The molecule has 1 aromatic rings. The first-order valence-corrected chi connectivity index (χ1v) is 7.06. The van der Waals surface area contributed by atoms with Crippen molar-refractivity contribution in [2.45, 2.75) is 57.2 Å². The topological polar surface area (TPSA) is 42.6 Å². The zero-order valence-corrected chi connectivity index (χ0v) is 11.0. The molecule has 1 saturated carbocycles. The lowest BCUT2D eigenvalue weighted by Gasteiger charge is -2.40. The quantitative estimate of drug-likeness (QED) is 0.875. The van der Waals surface area contributed by atoms with Crippen molar-refractivity contribution in [2.24, 2.45) is 5.92 Å². The van der Waals surface area contributed by atoms with Gasteiger partial charge in [-0.3, -0.25) is 0 Å². The van der Waals surface area contributed by atoms with Crippen LogP contribution in [0.5, 0.6) is 0 Å². The summed E-state index contributed by atoms with van der Waals surface area (Å²) in [6, 6.07) is 1.90. The smallest absolute Gasteiger partial charge is 0.106 e. The van der Waals surface area contributed by atoms with Crippen LogP contribution in [-0.4, -0.2) is 17.3 Å². The molecule has 2 fully saturated rings. The summed E-state index contributed by atoms with van der Waals surface area (Å²) in [6.45, 7) is 2.71. The molecule has 2 aliphatic rings. The summed E-state index contributed by atoms with van der Waals surface area (Å²) in [6.07, 6.45) is 8.10. The number of aliphatic hydroxyl groups is 1. The third-order valence-corrected chi connectivity index (χ3v) is 4.71. The van der Waals surface area contributed by atoms with Crippen LogP contribution in [0.4, 0.5) is 0 Å². The minimum atomic E-state index is -0.398. The number of ether oxygens (including phenoxy) is 1. The Kier molecular flexibility index (Phi) is 3.20. The van der Waals surface area contributed by atoms with Gasteiger partial charge in [0.2, 0.25) is 0 Å². The van der Waals surface area contributed by atoms with E-state index in [1.54, 1.807) is 6.26 Å². The molecule has 0 amide bonds. The highest BCUT2D eigenvalue weighted by Gasteiger charge is 2.42. The minimum Gasteiger partial charge on any atom is -0.469 e. The summed E-state index contributed by atoms with van der Waals surface area (Å²) < 4.78 is 11.3. The maximum Gasteiger partial charge on any atom is 0.106 e. The second-order valence-electron chi connectivity index (χ2n) is 5.87. The van der Waals surface area contributed by atoms with Crippen molar-refractivity contribution >= 4 is 0 Å². The van der Waals surface area contributed by atoms with Crippen LogP contribution < -0.4 is 0 Å². The molecule has 0 aromatic carbocycles. The van der Waals surface area contributed by atoms with Gasteiger partial charge in [0.05, 0.1) is 18.0 Å². The summed E-state index contributed by atoms with van der Waals surface area (Å²) in [7, 11) is 0. The van der Waals surface area contributed by atoms with Crippen molar-refractivity contribution in [2.75, 3.05) is 6.61 Å². The Morgan fingerprint density at radius 2 is 2.17 bits per heavy atom. The number of rotatable bonds is 2. The van der Waals surface area contributed by atoms with Gasteiger partial charge in [0.15, 0.2) is 0 Å². The number of hydrogen-bond donors (Lipinski definition) is 1. The van der Waals surface area contributed by atoms with Gasteiger partial charge in [-0.1, -0.05) is 12.8 Å². The van der Waals surface area contributed by atoms with Crippen molar-refractivity contribution in [3.63, 3.8) is 0 Å². The van der Waals surface area contributed by atoms with Gasteiger partial charge in [-0.2, -0.15) is 0 Å². The third-order valence-electron chi connectivity index (χ3n) is 4.71. The standard InChI is InChI=1S/C15H22O3/c1-11-13(5-8-17-11)14(16)12-4-9-18-15(10-12)6-2-3-7-15/h5,8,12,14,16H,2-4,6-7,9-10H2,1H3. The van der Waals surface area contributed by atoms with Gasteiger partial charge in [-0.15, -0.1) is 0 Å². The molecule has 1 aromatic heterocycles. The fourth-order valence-corrected chi connectivity index (χ4v) is 3.66. The van der Waals surface area contributed by atoms with E-state index in [9.17, 15) is 5.11 Å². The van der Waals surface area contributed by atoms with E-state index in [1.165, 1.54) is 25.7 Å². The molecule has 18 heavy (non-hydrogen) atoms. The Labute approximate surface area is 108 Å². The molecule has 3 heteroatoms. The highest BCUT2D eigenvalue weighted by atomic mass is 16.5. The molecular formula is C15H22O3. The Morgan fingerprint density at radius 1 is 1.39 bits per heavy atom. The molecular weight excluding hydrogens is 228 g/mol. The Hall–Kier alpha value is -0.800. The molecule has 0 radical (unpaired) electrons. The van der Waals surface area contributed by atoms with Gasteiger partial charge in [-0.25, -0.2) is 0 Å². The number of aliphatic hydroxyl groups excluding tert-OH is 1. The number of furan rings is 1. The average molecular weight is 250 g/mol. The molecule has 1 aliphatic carbocycles. The van der Waals surface area contributed by atoms with Crippen LogP contribution in [0.15, 0.2) is 16.7 Å². The Morgan fingerprint density at radius 3 is 2.83 bits per heavy atom. The van der Waals surface area contributed by atoms with Crippen molar-refractivity contribution in [1.29, 1.82) is 0 Å².